The monoisotopic (exact) mass is 387 g/mol. The number of carbonyl (C=O) groups excluding carboxylic acids is 1. The maximum atomic E-state index is 11.7. The van der Waals surface area contributed by atoms with E-state index in [1.807, 2.05) is 60.0 Å². The highest BCUT2D eigenvalue weighted by molar-refractivity contribution is 7.99. The van der Waals surface area contributed by atoms with Gasteiger partial charge in [-0.2, -0.15) is 0 Å². The van der Waals surface area contributed by atoms with Gasteiger partial charge in [-0.05, 0) is 43.7 Å². The average molecular weight is 388 g/mol. The lowest BCUT2D eigenvalue weighted by Gasteiger charge is -2.11. The van der Waals surface area contributed by atoms with E-state index in [2.05, 4.69) is 10.2 Å². The van der Waals surface area contributed by atoms with Gasteiger partial charge in [0, 0.05) is 11.3 Å². The van der Waals surface area contributed by atoms with Crippen LogP contribution in [0.3, 0.4) is 0 Å². The van der Waals surface area contributed by atoms with Crippen molar-refractivity contribution in [2.24, 2.45) is 0 Å². The van der Waals surface area contributed by atoms with E-state index in [0.29, 0.717) is 22.6 Å². The topological polar surface area (TPSA) is 57.0 Å². The molecular formula is C19H18ClN3O2S. The molecule has 0 spiro atoms. The molecule has 0 saturated carbocycles. The fraction of sp³-hybridized carbons (Fsp3) is 0.211. The van der Waals surface area contributed by atoms with Crippen molar-refractivity contribution in [2.75, 3.05) is 12.4 Å². The Bertz CT molecular complexity index is 912. The molecule has 0 fully saturated rings. The molecule has 134 valence electrons. The van der Waals surface area contributed by atoms with Crippen LogP contribution in [0.1, 0.15) is 12.5 Å². The number of rotatable bonds is 6. The van der Waals surface area contributed by atoms with E-state index in [9.17, 15) is 4.79 Å². The second-order valence-corrected chi connectivity index (χ2v) is 6.90. The van der Waals surface area contributed by atoms with Gasteiger partial charge in [0.25, 0.3) is 0 Å². The molecule has 3 rings (SSSR count). The molecule has 3 aromatic rings. The first-order valence-corrected chi connectivity index (χ1v) is 9.52. The number of hydrogen-bond donors (Lipinski definition) is 0. The largest absolute Gasteiger partial charge is 0.465 e. The van der Waals surface area contributed by atoms with Crippen LogP contribution in [0.15, 0.2) is 53.7 Å². The van der Waals surface area contributed by atoms with Crippen molar-refractivity contribution >= 4 is 29.3 Å². The molecule has 0 aliphatic carbocycles. The summed E-state index contributed by atoms with van der Waals surface area (Å²) in [6, 6.07) is 15.6. The van der Waals surface area contributed by atoms with Gasteiger partial charge in [0.05, 0.1) is 17.4 Å². The molecule has 0 atom stereocenters. The van der Waals surface area contributed by atoms with Crippen LogP contribution in [0, 0.1) is 6.92 Å². The van der Waals surface area contributed by atoms with Gasteiger partial charge in [0.15, 0.2) is 11.0 Å². The first-order chi connectivity index (χ1) is 12.6. The Hall–Kier alpha value is -2.31. The zero-order valence-corrected chi connectivity index (χ0v) is 16.0. The lowest BCUT2D eigenvalue weighted by molar-refractivity contribution is -0.139. The van der Waals surface area contributed by atoms with Crippen molar-refractivity contribution in [3.05, 3.63) is 59.1 Å². The minimum absolute atomic E-state index is 0.167. The van der Waals surface area contributed by atoms with Gasteiger partial charge in [-0.15, -0.1) is 10.2 Å². The molecule has 0 aliphatic rings. The number of benzene rings is 2. The molecule has 0 N–H and O–H groups in total. The number of aromatic nitrogens is 3. The third kappa shape index (κ3) is 4.08. The second kappa shape index (κ2) is 8.38. The van der Waals surface area contributed by atoms with Crippen LogP contribution in [-0.4, -0.2) is 33.1 Å². The molecular weight excluding hydrogens is 370 g/mol. The predicted octanol–water partition coefficient (Wildman–Crippen LogP) is 4.55. The number of ether oxygens (including phenoxy) is 1. The summed E-state index contributed by atoms with van der Waals surface area (Å²) in [5, 5.41) is 9.82. The third-order valence-electron chi connectivity index (χ3n) is 3.64. The van der Waals surface area contributed by atoms with E-state index in [-0.39, 0.29) is 11.7 Å². The fourth-order valence-corrected chi connectivity index (χ4v) is 3.54. The Morgan fingerprint density at radius 3 is 2.65 bits per heavy atom. The molecule has 1 heterocycles. The molecule has 0 aliphatic heterocycles. The molecule has 2 aromatic carbocycles. The van der Waals surface area contributed by atoms with E-state index in [1.165, 1.54) is 11.8 Å². The minimum Gasteiger partial charge on any atom is -0.465 e. The SMILES string of the molecule is CCOC(=O)CSc1nnc(-c2ccc(C)cc2Cl)n1-c1ccccc1. The summed E-state index contributed by atoms with van der Waals surface area (Å²) in [6.45, 7) is 4.12. The molecule has 0 radical (unpaired) electrons. The maximum Gasteiger partial charge on any atom is 0.316 e. The zero-order chi connectivity index (χ0) is 18.5. The van der Waals surface area contributed by atoms with Gasteiger partial charge in [0.1, 0.15) is 0 Å². The fourth-order valence-electron chi connectivity index (χ4n) is 2.48. The van der Waals surface area contributed by atoms with Gasteiger partial charge in [-0.25, -0.2) is 0 Å². The lowest BCUT2D eigenvalue weighted by atomic mass is 10.1. The summed E-state index contributed by atoms with van der Waals surface area (Å²) in [5.41, 5.74) is 2.76. The Labute approximate surface area is 161 Å². The first kappa shape index (κ1) is 18.5. The second-order valence-electron chi connectivity index (χ2n) is 5.55. The van der Waals surface area contributed by atoms with Crippen molar-refractivity contribution in [3.63, 3.8) is 0 Å². The Kier molecular flexibility index (Phi) is 5.96. The molecule has 0 bridgehead atoms. The van der Waals surface area contributed by atoms with Crippen LogP contribution >= 0.6 is 23.4 Å². The number of nitrogens with zero attached hydrogens (tertiary/aromatic N) is 3. The van der Waals surface area contributed by atoms with Crippen molar-refractivity contribution < 1.29 is 9.53 Å². The van der Waals surface area contributed by atoms with Gasteiger partial charge in [0.2, 0.25) is 0 Å². The first-order valence-electron chi connectivity index (χ1n) is 8.16. The molecule has 5 nitrogen and oxygen atoms in total. The number of esters is 1. The van der Waals surface area contributed by atoms with E-state index in [4.69, 9.17) is 16.3 Å². The standard InChI is InChI=1S/C19H18ClN3O2S/c1-3-25-17(24)12-26-19-22-21-18(15-10-9-13(2)11-16(15)20)23(19)14-7-5-4-6-8-14/h4-11H,3,12H2,1-2H3. The van der Waals surface area contributed by atoms with Crippen LogP contribution in [0.2, 0.25) is 5.02 Å². The number of hydrogen-bond acceptors (Lipinski definition) is 5. The van der Waals surface area contributed by atoms with Crippen LogP contribution < -0.4 is 0 Å². The van der Waals surface area contributed by atoms with Gasteiger partial charge in [-0.1, -0.05) is 47.6 Å². The van der Waals surface area contributed by atoms with Crippen LogP contribution in [0.25, 0.3) is 17.1 Å². The van der Waals surface area contributed by atoms with Crippen molar-refractivity contribution in [1.82, 2.24) is 14.8 Å². The number of thioether (sulfide) groups is 1. The number of halogens is 1. The normalized spacial score (nSPS) is 10.7. The maximum absolute atomic E-state index is 11.7. The van der Waals surface area contributed by atoms with Crippen LogP contribution in [-0.2, 0) is 9.53 Å². The van der Waals surface area contributed by atoms with Gasteiger partial charge >= 0.3 is 5.97 Å². The molecule has 1 aromatic heterocycles. The molecule has 0 amide bonds. The summed E-state index contributed by atoms with van der Waals surface area (Å²) in [4.78, 5) is 11.7. The van der Waals surface area contributed by atoms with Crippen molar-refractivity contribution in [3.8, 4) is 17.1 Å². The van der Waals surface area contributed by atoms with Crippen LogP contribution in [0.4, 0.5) is 0 Å². The highest BCUT2D eigenvalue weighted by Crippen LogP contribution is 2.32. The third-order valence-corrected chi connectivity index (χ3v) is 4.85. The molecule has 7 heteroatoms. The summed E-state index contributed by atoms with van der Waals surface area (Å²) < 4.78 is 6.90. The number of aryl methyl sites for hydroxylation is 1. The zero-order valence-electron chi connectivity index (χ0n) is 14.5. The van der Waals surface area contributed by atoms with E-state index in [0.717, 1.165) is 16.8 Å². The van der Waals surface area contributed by atoms with Gasteiger partial charge in [-0.3, -0.25) is 9.36 Å². The van der Waals surface area contributed by atoms with E-state index >= 15 is 0 Å². The van der Waals surface area contributed by atoms with Crippen molar-refractivity contribution in [2.45, 2.75) is 19.0 Å². The van der Waals surface area contributed by atoms with Crippen molar-refractivity contribution in [1.29, 1.82) is 0 Å². The number of para-hydroxylation sites is 1. The quantitative estimate of drug-likeness (QED) is 0.458. The molecule has 0 unspecified atom stereocenters. The summed E-state index contributed by atoms with van der Waals surface area (Å²) in [5.74, 6) is 0.517. The summed E-state index contributed by atoms with van der Waals surface area (Å²) in [7, 11) is 0. The molecule has 0 saturated heterocycles. The van der Waals surface area contributed by atoms with E-state index < -0.39 is 0 Å². The average Bonchev–Trinajstić information content (AvgIpc) is 3.04. The lowest BCUT2D eigenvalue weighted by Crippen LogP contribution is -2.08. The highest BCUT2D eigenvalue weighted by Gasteiger charge is 2.19. The summed E-state index contributed by atoms with van der Waals surface area (Å²) in [6.07, 6.45) is 0. The Balaban J connectivity index is 2.04. The Morgan fingerprint density at radius 1 is 1.19 bits per heavy atom. The number of carbonyl (C=O) groups is 1. The Morgan fingerprint density at radius 2 is 1.96 bits per heavy atom. The minimum atomic E-state index is -0.282. The molecule has 26 heavy (non-hydrogen) atoms. The smallest absolute Gasteiger partial charge is 0.316 e. The van der Waals surface area contributed by atoms with E-state index in [1.54, 1.807) is 6.92 Å². The predicted molar refractivity (Wildman–Crippen MR) is 104 cm³/mol. The van der Waals surface area contributed by atoms with Crippen LogP contribution in [0.5, 0.6) is 0 Å². The highest BCUT2D eigenvalue weighted by atomic mass is 35.5. The van der Waals surface area contributed by atoms with Gasteiger partial charge < -0.3 is 4.74 Å². The summed E-state index contributed by atoms with van der Waals surface area (Å²) >= 11 is 7.73.